The van der Waals surface area contributed by atoms with Crippen LogP contribution in [0.4, 0.5) is 17.3 Å². The van der Waals surface area contributed by atoms with E-state index in [1.807, 2.05) is 18.3 Å². The molecule has 0 radical (unpaired) electrons. The van der Waals surface area contributed by atoms with Gasteiger partial charge in [0.05, 0.1) is 17.9 Å². The summed E-state index contributed by atoms with van der Waals surface area (Å²) >= 11 is 0. The second kappa shape index (κ2) is 8.21. The summed E-state index contributed by atoms with van der Waals surface area (Å²) in [7, 11) is 0. The van der Waals surface area contributed by atoms with Gasteiger partial charge in [-0.15, -0.1) is 0 Å². The van der Waals surface area contributed by atoms with E-state index in [-0.39, 0.29) is 5.60 Å². The summed E-state index contributed by atoms with van der Waals surface area (Å²) in [5.74, 6) is 1.20. The van der Waals surface area contributed by atoms with Gasteiger partial charge in [-0.25, -0.2) is 15.0 Å². The maximum Gasteiger partial charge on any atom is 0.227 e. The van der Waals surface area contributed by atoms with Crippen molar-refractivity contribution in [3.05, 3.63) is 54.5 Å². The maximum absolute atomic E-state index is 6.59. The molecular formula is C26H30N6O2. The normalized spacial score (nSPS) is 23.1. The third kappa shape index (κ3) is 3.86. The number of nitrogens with one attached hydrogen (secondary N) is 2. The van der Waals surface area contributed by atoms with Gasteiger partial charge in [0.1, 0.15) is 0 Å². The molecule has 3 aliphatic heterocycles. The van der Waals surface area contributed by atoms with Crippen molar-refractivity contribution in [1.82, 2.24) is 20.3 Å². The summed E-state index contributed by atoms with van der Waals surface area (Å²) in [5, 5.41) is 6.79. The molecule has 8 nitrogen and oxygen atoms in total. The number of benzene rings is 1. The van der Waals surface area contributed by atoms with Crippen LogP contribution in [0.2, 0.25) is 0 Å². The fraction of sp³-hybridized carbons (Fsp3) is 0.423. The minimum Gasteiger partial charge on any atom is -0.464 e. The van der Waals surface area contributed by atoms with E-state index in [1.165, 1.54) is 5.69 Å². The molecule has 1 atom stereocenters. The Kier molecular flexibility index (Phi) is 5.15. The first-order valence-electron chi connectivity index (χ1n) is 12.0. The first-order valence-corrected chi connectivity index (χ1v) is 12.0. The van der Waals surface area contributed by atoms with Crippen LogP contribution in [0.25, 0.3) is 11.1 Å². The van der Waals surface area contributed by atoms with Gasteiger partial charge in [-0.2, -0.15) is 0 Å². The lowest BCUT2D eigenvalue weighted by molar-refractivity contribution is -0.140. The highest BCUT2D eigenvalue weighted by atomic mass is 16.5. The van der Waals surface area contributed by atoms with Gasteiger partial charge in [0.25, 0.3) is 0 Å². The van der Waals surface area contributed by atoms with Crippen LogP contribution in [0.1, 0.15) is 32.4 Å². The molecule has 2 N–H and O–H groups in total. The molecule has 6 rings (SSSR count). The molecule has 0 saturated carbocycles. The molecule has 0 amide bonds. The van der Waals surface area contributed by atoms with E-state index in [0.717, 1.165) is 55.1 Å². The predicted octanol–water partition coefficient (Wildman–Crippen LogP) is 3.87. The second-order valence-electron chi connectivity index (χ2n) is 9.85. The Morgan fingerprint density at radius 2 is 1.85 bits per heavy atom. The van der Waals surface area contributed by atoms with Crippen LogP contribution in [-0.2, 0) is 10.3 Å². The highest BCUT2D eigenvalue weighted by molar-refractivity contribution is 5.74. The molecule has 3 aromatic rings. The summed E-state index contributed by atoms with van der Waals surface area (Å²) in [5.41, 5.74) is 4.09. The zero-order valence-corrected chi connectivity index (χ0v) is 19.7. The number of hydrogen-bond acceptors (Lipinski definition) is 8. The van der Waals surface area contributed by atoms with E-state index < -0.39 is 5.60 Å². The molecule has 5 heterocycles. The van der Waals surface area contributed by atoms with E-state index in [1.54, 1.807) is 6.20 Å². The largest absolute Gasteiger partial charge is 0.464 e. The summed E-state index contributed by atoms with van der Waals surface area (Å²) < 4.78 is 12.6. The fourth-order valence-electron chi connectivity index (χ4n) is 5.31. The number of fused-ring (bicyclic) bond motifs is 4. The molecule has 0 bridgehead atoms. The molecule has 2 fully saturated rings. The fourth-order valence-corrected chi connectivity index (χ4v) is 5.31. The molecule has 2 aromatic heterocycles. The SMILES string of the molecule is CC1(C)C[C@@]2(CCO1)Oc1ncccc1-c1cnc(Nc3ccc(N4CCNCC4)cc3)nc12. The van der Waals surface area contributed by atoms with Gasteiger partial charge in [0.15, 0.2) is 5.60 Å². The van der Waals surface area contributed by atoms with Crippen molar-refractivity contribution in [3.63, 3.8) is 0 Å². The Bertz CT molecular complexity index is 1190. The molecule has 3 aliphatic rings. The molecule has 2 saturated heterocycles. The van der Waals surface area contributed by atoms with Crippen molar-refractivity contribution in [2.75, 3.05) is 43.0 Å². The monoisotopic (exact) mass is 458 g/mol. The Morgan fingerprint density at radius 3 is 2.65 bits per heavy atom. The van der Waals surface area contributed by atoms with E-state index in [0.29, 0.717) is 24.9 Å². The van der Waals surface area contributed by atoms with Gasteiger partial charge >= 0.3 is 0 Å². The van der Waals surface area contributed by atoms with Gasteiger partial charge in [-0.1, -0.05) is 0 Å². The molecule has 1 aromatic carbocycles. The van der Waals surface area contributed by atoms with Crippen molar-refractivity contribution in [3.8, 4) is 17.0 Å². The van der Waals surface area contributed by atoms with Gasteiger partial charge < -0.3 is 25.0 Å². The van der Waals surface area contributed by atoms with Crippen LogP contribution in [0.15, 0.2) is 48.8 Å². The minimum atomic E-state index is -0.593. The van der Waals surface area contributed by atoms with Crippen LogP contribution in [-0.4, -0.2) is 53.3 Å². The first-order chi connectivity index (χ1) is 16.5. The van der Waals surface area contributed by atoms with Gasteiger partial charge in [-0.05, 0) is 50.2 Å². The van der Waals surface area contributed by atoms with Crippen molar-refractivity contribution in [2.45, 2.75) is 37.9 Å². The third-order valence-electron chi connectivity index (χ3n) is 6.89. The first kappa shape index (κ1) is 21.3. The molecule has 176 valence electrons. The van der Waals surface area contributed by atoms with E-state index >= 15 is 0 Å². The smallest absolute Gasteiger partial charge is 0.227 e. The average molecular weight is 459 g/mol. The predicted molar refractivity (Wildman–Crippen MR) is 132 cm³/mol. The zero-order valence-electron chi connectivity index (χ0n) is 19.7. The number of nitrogens with zero attached hydrogens (tertiary/aromatic N) is 4. The quantitative estimate of drug-likeness (QED) is 0.612. The number of anilines is 3. The number of pyridine rings is 1. The van der Waals surface area contributed by atoms with Crippen LogP contribution in [0.3, 0.4) is 0 Å². The summed E-state index contributed by atoms with van der Waals surface area (Å²) in [6.07, 6.45) is 5.07. The lowest BCUT2D eigenvalue weighted by Gasteiger charge is -2.46. The summed E-state index contributed by atoms with van der Waals surface area (Å²) in [6, 6.07) is 12.4. The van der Waals surface area contributed by atoms with Crippen molar-refractivity contribution in [2.24, 2.45) is 0 Å². The number of ether oxygens (including phenoxy) is 2. The Labute approximate surface area is 199 Å². The maximum atomic E-state index is 6.59. The van der Waals surface area contributed by atoms with Crippen LogP contribution < -0.4 is 20.3 Å². The minimum absolute atomic E-state index is 0.319. The van der Waals surface area contributed by atoms with Crippen LogP contribution in [0, 0.1) is 0 Å². The summed E-state index contributed by atoms with van der Waals surface area (Å²) in [4.78, 5) is 16.6. The standard InChI is InChI=1S/C26H30N6O2/c1-25(2)17-26(9-15-33-25)22-21(20-4-3-10-28-23(20)34-26)16-29-24(31-22)30-18-5-7-19(8-6-18)32-13-11-27-12-14-32/h3-8,10,16,27H,9,11-15,17H2,1-2H3,(H,29,30,31)/t26-/m1/s1. The van der Waals surface area contributed by atoms with Crippen molar-refractivity contribution >= 4 is 17.3 Å². The average Bonchev–Trinajstić information content (AvgIpc) is 2.85. The highest BCUT2D eigenvalue weighted by Gasteiger charge is 2.49. The summed E-state index contributed by atoms with van der Waals surface area (Å²) in [6.45, 7) is 8.91. The third-order valence-corrected chi connectivity index (χ3v) is 6.89. The van der Waals surface area contributed by atoms with Crippen molar-refractivity contribution in [1.29, 1.82) is 0 Å². The van der Waals surface area contributed by atoms with Gasteiger partial charge in [0.2, 0.25) is 11.8 Å². The Balaban J connectivity index is 1.33. The number of piperazine rings is 1. The lowest BCUT2D eigenvalue weighted by atomic mass is 9.78. The van der Waals surface area contributed by atoms with E-state index in [9.17, 15) is 0 Å². The molecular weight excluding hydrogens is 428 g/mol. The van der Waals surface area contributed by atoms with E-state index in [2.05, 4.69) is 63.6 Å². The topological polar surface area (TPSA) is 84.4 Å². The van der Waals surface area contributed by atoms with Crippen molar-refractivity contribution < 1.29 is 9.47 Å². The van der Waals surface area contributed by atoms with Gasteiger partial charge in [0, 0.05) is 73.9 Å². The Hall–Kier alpha value is -3.23. The number of hydrogen-bond donors (Lipinski definition) is 2. The van der Waals surface area contributed by atoms with Gasteiger partial charge in [-0.3, -0.25) is 0 Å². The van der Waals surface area contributed by atoms with E-state index in [4.69, 9.17) is 14.5 Å². The molecule has 0 aliphatic carbocycles. The Morgan fingerprint density at radius 1 is 1.03 bits per heavy atom. The second-order valence-corrected chi connectivity index (χ2v) is 9.85. The molecule has 34 heavy (non-hydrogen) atoms. The molecule has 8 heteroatoms. The number of aromatic nitrogens is 3. The van der Waals surface area contributed by atoms with Crippen LogP contribution in [0.5, 0.6) is 5.88 Å². The van der Waals surface area contributed by atoms with Crippen LogP contribution >= 0.6 is 0 Å². The molecule has 1 spiro atoms. The zero-order chi connectivity index (χ0) is 23.2. The molecule has 0 unspecified atom stereocenters. The highest BCUT2D eigenvalue weighted by Crippen LogP contribution is 2.50. The number of rotatable bonds is 3. The lowest BCUT2D eigenvalue weighted by Crippen LogP contribution is -2.49.